The first-order chi connectivity index (χ1) is 15.8. The van der Waals surface area contributed by atoms with E-state index in [1.165, 1.54) is 11.1 Å². The van der Waals surface area contributed by atoms with Gasteiger partial charge in [0.2, 0.25) is 5.95 Å². The van der Waals surface area contributed by atoms with Gasteiger partial charge in [-0.05, 0) is 48.2 Å². The van der Waals surface area contributed by atoms with Crippen molar-refractivity contribution >= 4 is 29.2 Å². The van der Waals surface area contributed by atoms with Crippen LogP contribution in [0.25, 0.3) is 0 Å². The molecular weight excluding hydrogens is 414 g/mol. The summed E-state index contributed by atoms with van der Waals surface area (Å²) in [6, 6.07) is 12.3. The van der Waals surface area contributed by atoms with E-state index in [0.29, 0.717) is 23.1 Å². The van der Waals surface area contributed by atoms with Gasteiger partial charge in [0.05, 0.1) is 0 Å². The van der Waals surface area contributed by atoms with Crippen LogP contribution in [0.4, 0.5) is 23.3 Å². The number of rotatable bonds is 6. The highest BCUT2D eigenvalue weighted by Crippen LogP contribution is 2.27. The van der Waals surface area contributed by atoms with Gasteiger partial charge >= 0.3 is 0 Å². The number of aromatic nitrogens is 3. The first kappa shape index (κ1) is 21.3. The lowest BCUT2D eigenvalue weighted by Crippen LogP contribution is -2.26. The van der Waals surface area contributed by atoms with E-state index in [1.807, 2.05) is 24.3 Å². The summed E-state index contributed by atoms with van der Waals surface area (Å²) in [5.74, 6) is 1.30. The van der Waals surface area contributed by atoms with E-state index in [4.69, 9.17) is 4.98 Å². The van der Waals surface area contributed by atoms with Gasteiger partial charge in [0.25, 0.3) is 5.91 Å². The number of nitrogens with one attached hydrogen (secondary N) is 4. The second kappa shape index (κ2) is 8.44. The molecule has 0 atom stereocenters. The van der Waals surface area contributed by atoms with Crippen molar-refractivity contribution < 1.29 is 4.79 Å². The fraction of sp³-hybridized carbons (Fsp3) is 0.360. The van der Waals surface area contributed by atoms with Gasteiger partial charge in [-0.3, -0.25) is 4.79 Å². The number of carbonyl (C=O) groups is 1. The Morgan fingerprint density at radius 3 is 2.64 bits per heavy atom. The van der Waals surface area contributed by atoms with Crippen molar-refractivity contribution in [3.63, 3.8) is 0 Å². The van der Waals surface area contributed by atoms with E-state index in [-0.39, 0.29) is 17.4 Å². The van der Waals surface area contributed by atoms with Gasteiger partial charge in [0, 0.05) is 42.1 Å². The highest BCUT2D eigenvalue weighted by Gasteiger charge is 2.26. The molecule has 1 aliphatic carbocycles. The van der Waals surface area contributed by atoms with Crippen LogP contribution in [0.2, 0.25) is 0 Å². The summed E-state index contributed by atoms with van der Waals surface area (Å²) < 4.78 is 0. The average Bonchev–Trinajstić information content (AvgIpc) is 3.46. The first-order valence-electron chi connectivity index (χ1n) is 11.4. The number of amides is 1. The van der Waals surface area contributed by atoms with Gasteiger partial charge in [0.1, 0.15) is 17.2 Å². The lowest BCUT2D eigenvalue weighted by molar-refractivity contribution is 0.0951. The molecule has 0 unspecified atom stereocenters. The molecule has 170 valence electrons. The molecule has 0 saturated heterocycles. The zero-order valence-electron chi connectivity index (χ0n) is 19.2. The van der Waals surface area contributed by atoms with Gasteiger partial charge in [0.15, 0.2) is 0 Å². The largest absolute Gasteiger partial charge is 0.349 e. The SMILES string of the molecule is CC(C)(C)c1cccc(Nc2nc(Nc3ccc4c(c3)CNC4)ncc2C(=O)NC2CC2)n1. The maximum Gasteiger partial charge on any atom is 0.256 e. The van der Waals surface area contributed by atoms with E-state index in [2.05, 4.69) is 64.1 Å². The standard InChI is InChI=1S/C25H29N7O/c1-25(2,3)20-5-4-6-21(30-20)31-22-19(23(33)28-17-9-10-17)14-27-24(32-22)29-18-8-7-15-12-26-13-16(15)11-18/h4-8,11,14,17,26H,9-10,12-13H2,1-3H3,(H,28,33)(H2,27,29,30,31,32). The summed E-state index contributed by atoms with van der Waals surface area (Å²) >= 11 is 0. The topological polar surface area (TPSA) is 104 Å². The van der Waals surface area contributed by atoms with Crippen molar-refractivity contribution in [3.05, 3.63) is 65.0 Å². The molecule has 1 saturated carbocycles. The third-order valence-electron chi connectivity index (χ3n) is 5.80. The van der Waals surface area contributed by atoms with Crippen molar-refractivity contribution in [1.82, 2.24) is 25.6 Å². The van der Waals surface area contributed by atoms with Crippen LogP contribution in [0.1, 0.15) is 60.8 Å². The minimum Gasteiger partial charge on any atom is -0.349 e. The Labute approximate surface area is 193 Å². The molecule has 2 aliphatic rings. The van der Waals surface area contributed by atoms with Crippen molar-refractivity contribution in [2.24, 2.45) is 0 Å². The van der Waals surface area contributed by atoms with E-state index in [1.54, 1.807) is 6.20 Å². The molecule has 1 amide bonds. The molecule has 1 aromatic carbocycles. The Balaban J connectivity index is 1.44. The highest BCUT2D eigenvalue weighted by molar-refractivity contribution is 5.99. The van der Waals surface area contributed by atoms with Crippen molar-refractivity contribution in [2.45, 2.75) is 58.2 Å². The molecular formula is C25H29N7O. The van der Waals surface area contributed by atoms with Gasteiger partial charge in [-0.1, -0.05) is 32.9 Å². The molecule has 1 aliphatic heterocycles. The maximum absolute atomic E-state index is 12.9. The van der Waals surface area contributed by atoms with Crippen LogP contribution in [0.15, 0.2) is 42.6 Å². The predicted molar refractivity (Wildman–Crippen MR) is 129 cm³/mol. The van der Waals surface area contributed by atoms with E-state index in [9.17, 15) is 4.79 Å². The second-order valence-electron chi connectivity index (χ2n) is 9.70. The third kappa shape index (κ3) is 4.96. The molecule has 0 bridgehead atoms. The van der Waals surface area contributed by atoms with E-state index < -0.39 is 0 Å². The van der Waals surface area contributed by atoms with Gasteiger partial charge < -0.3 is 21.3 Å². The zero-order valence-corrected chi connectivity index (χ0v) is 19.2. The number of pyridine rings is 1. The minimum absolute atomic E-state index is 0.0926. The number of anilines is 4. The van der Waals surface area contributed by atoms with Crippen molar-refractivity contribution in [1.29, 1.82) is 0 Å². The van der Waals surface area contributed by atoms with Crippen LogP contribution in [0.3, 0.4) is 0 Å². The Morgan fingerprint density at radius 2 is 1.85 bits per heavy atom. The highest BCUT2D eigenvalue weighted by atomic mass is 16.1. The molecule has 8 nitrogen and oxygen atoms in total. The molecule has 33 heavy (non-hydrogen) atoms. The van der Waals surface area contributed by atoms with E-state index >= 15 is 0 Å². The number of fused-ring (bicyclic) bond motifs is 1. The number of hydrogen-bond acceptors (Lipinski definition) is 7. The molecule has 0 radical (unpaired) electrons. The Kier molecular flexibility index (Phi) is 5.46. The maximum atomic E-state index is 12.9. The van der Waals surface area contributed by atoms with Crippen molar-refractivity contribution in [2.75, 3.05) is 10.6 Å². The van der Waals surface area contributed by atoms with Gasteiger partial charge in [-0.2, -0.15) is 4.98 Å². The fourth-order valence-corrected chi connectivity index (χ4v) is 3.74. The molecule has 3 aromatic rings. The Bertz CT molecular complexity index is 1200. The zero-order chi connectivity index (χ0) is 23.0. The molecule has 1 fully saturated rings. The van der Waals surface area contributed by atoms with Crippen LogP contribution < -0.4 is 21.3 Å². The smallest absolute Gasteiger partial charge is 0.256 e. The lowest BCUT2D eigenvalue weighted by Gasteiger charge is -2.19. The summed E-state index contributed by atoms with van der Waals surface area (Å²) in [7, 11) is 0. The van der Waals surface area contributed by atoms with Crippen LogP contribution in [-0.4, -0.2) is 26.9 Å². The number of carbonyl (C=O) groups excluding carboxylic acids is 1. The monoisotopic (exact) mass is 443 g/mol. The summed E-state index contributed by atoms with van der Waals surface area (Å²) in [6.07, 6.45) is 3.59. The molecule has 0 spiro atoms. The molecule has 8 heteroatoms. The normalized spacial score (nSPS) is 15.1. The fourth-order valence-electron chi connectivity index (χ4n) is 3.74. The lowest BCUT2D eigenvalue weighted by atomic mass is 9.92. The summed E-state index contributed by atoms with van der Waals surface area (Å²) in [4.78, 5) is 26.7. The summed E-state index contributed by atoms with van der Waals surface area (Å²) in [6.45, 7) is 8.10. The van der Waals surface area contributed by atoms with Gasteiger partial charge in [-0.15, -0.1) is 0 Å². The van der Waals surface area contributed by atoms with Crippen LogP contribution in [0.5, 0.6) is 0 Å². The number of nitrogens with zero attached hydrogens (tertiary/aromatic N) is 3. The van der Waals surface area contributed by atoms with Crippen LogP contribution in [0, 0.1) is 0 Å². The summed E-state index contributed by atoms with van der Waals surface area (Å²) in [5, 5.41) is 12.9. The number of hydrogen-bond donors (Lipinski definition) is 4. The molecule has 4 N–H and O–H groups in total. The molecule has 3 heterocycles. The first-order valence-corrected chi connectivity index (χ1v) is 11.4. The average molecular weight is 444 g/mol. The van der Waals surface area contributed by atoms with E-state index in [0.717, 1.165) is 37.3 Å². The van der Waals surface area contributed by atoms with Crippen LogP contribution >= 0.6 is 0 Å². The quantitative estimate of drug-likeness (QED) is 0.454. The second-order valence-corrected chi connectivity index (χ2v) is 9.70. The molecule has 5 rings (SSSR count). The number of benzene rings is 1. The minimum atomic E-state index is -0.179. The third-order valence-corrected chi connectivity index (χ3v) is 5.80. The Morgan fingerprint density at radius 1 is 1.03 bits per heavy atom. The Hall–Kier alpha value is -3.52. The summed E-state index contributed by atoms with van der Waals surface area (Å²) in [5.41, 5.74) is 4.74. The van der Waals surface area contributed by atoms with Crippen molar-refractivity contribution in [3.8, 4) is 0 Å². The molecule has 2 aromatic heterocycles. The van der Waals surface area contributed by atoms with Crippen LogP contribution in [-0.2, 0) is 18.5 Å². The predicted octanol–water partition coefficient (Wildman–Crippen LogP) is 4.15. The van der Waals surface area contributed by atoms with Gasteiger partial charge in [-0.25, -0.2) is 9.97 Å².